The smallest absolute Gasteiger partial charge is 0.126 e. The van der Waals surface area contributed by atoms with Crippen LogP contribution in [-0.2, 0) is 0 Å². The van der Waals surface area contributed by atoms with Gasteiger partial charge >= 0.3 is 0 Å². The van der Waals surface area contributed by atoms with E-state index in [9.17, 15) is 9.50 Å². The summed E-state index contributed by atoms with van der Waals surface area (Å²) in [6.07, 6.45) is 0.343. The van der Waals surface area contributed by atoms with E-state index < -0.39 is 0 Å². The molecule has 0 heterocycles. The van der Waals surface area contributed by atoms with Crippen molar-refractivity contribution < 1.29 is 14.2 Å². The number of benzene rings is 1. The highest BCUT2D eigenvalue weighted by atomic mass is 19.1. The van der Waals surface area contributed by atoms with Gasteiger partial charge in [0.15, 0.2) is 0 Å². The number of rotatable bonds is 2. The Bertz CT molecular complexity index is 401. The average Bonchev–Trinajstić information content (AvgIpc) is 2.23. The van der Waals surface area contributed by atoms with Crippen LogP contribution in [0.1, 0.15) is 25.8 Å². The number of halogens is 1. The number of aliphatic hydroxyl groups excluding tert-OH is 1. The summed E-state index contributed by atoms with van der Waals surface area (Å²) in [5, 5.41) is 9.58. The molecule has 2 rings (SSSR count). The third-order valence-corrected chi connectivity index (χ3v) is 3.53. The Balaban J connectivity index is 2.08. The van der Waals surface area contributed by atoms with Crippen LogP contribution < -0.4 is 4.74 Å². The topological polar surface area (TPSA) is 29.5 Å². The Hall–Kier alpha value is -1.09. The van der Waals surface area contributed by atoms with Crippen LogP contribution in [-0.4, -0.2) is 17.3 Å². The molecule has 1 fully saturated rings. The van der Waals surface area contributed by atoms with Crippen molar-refractivity contribution in [2.75, 3.05) is 0 Å². The molecule has 1 N–H and O–H groups in total. The van der Waals surface area contributed by atoms with Gasteiger partial charge in [0.1, 0.15) is 17.7 Å². The van der Waals surface area contributed by atoms with E-state index in [-0.39, 0.29) is 23.4 Å². The maximum atomic E-state index is 13.1. The minimum Gasteiger partial charge on any atom is -0.490 e. The van der Waals surface area contributed by atoms with Crippen molar-refractivity contribution >= 4 is 0 Å². The number of aliphatic hydroxyl groups is 1. The summed E-state index contributed by atoms with van der Waals surface area (Å²) in [7, 11) is 0. The van der Waals surface area contributed by atoms with E-state index in [2.05, 4.69) is 0 Å². The van der Waals surface area contributed by atoms with Crippen LogP contribution in [0.5, 0.6) is 5.75 Å². The number of ether oxygens (including phenoxy) is 1. The second-order valence-electron chi connectivity index (χ2n) is 5.09. The van der Waals surface area contributed by atoms with Gasteiger partial charge in [0, 0.05) is 11.8 Å². The average molecular weight is 224 g/mol. The van der Waals surface area contributed by atoms with Gasteiger partial charge in [0.05, 0.1) is 6.10 Å². The first-order valence-corrected chi connectivity index (χ1v) is 5.52. The van der Waals surface area contributed by atoms with Crippen molar-refractivity contribution in [3.05, 3.63) is 29.6 Å². The van der Waals surface area contributed by atoms with E-state index in [1.54, 1.807) is 19.1 Å². The molecule has 1 saturated carbocycles. The fraction of sp³-hybridized carbons (Fsp3) is 0.538. The standard InChI is InChI=1S/C13H17FO2/c1-8-6-9(4-5-10(8)14)16-12-7-11(15)13(12,2)3/h4-6,11-12,15H,7H2,1-3H3. The predicted octanol–water partition coefficient (Wildman–Crippen LogP) is 2.67. The number of aryl methyl sites for hydroxylation is 1. The quantitative estimate of drug-likeness (QED) is 0.836. The largest absolute Gasteiger partial charge is 0.490 e. The molecular weight excluding hydrogens is 207 g/mol. The molecular formula is C13H17FO2. The van der Waals surface area contributed by atoms with Crippen LogP contribution in [0, 0.1) is 18.2 Å². The highest BCUT2D eigenvalue weighted by molar-refractivity contribution is 5.29. The second kappa shape index (κ2) is 3.74. The molecule has 0 aliphatic heterocycles. The molecule has 0 amide bonds. The SMILES string of the molecule is Cc1cc(OC2CC(O)C2(C)C)ccc1F. The molecule has 0 bridgehead atoms. The lowest BCUT2D eigenvalue weighted by molar-refractivity contribution is -0.134. The van der Waals surface area contributed by atoms with E-state index in [1.807, 2.05) is 13.8 Å². The first-order chi connectivity index (χ1) is 7.41. The minimum absolute atomic E-state index is 0.00682. The lowest BCUT2D eigenvalue weighted by Crippen LogP contribution is -2.56. The molecule has 88 valence electrons. The van der Waals surface area contributed by atoms with Gasteiger partial charge in [-0.05, 0) is 30.7 Å². The number of hydrogen-bond acceptors (Lipinski definition) is 2. The Morgan fingerprint density at radius 2 is 2.12 bits per heavy atom. The van der Waals surface area contributed by atoms with Crippen molar-refractivity contribution in [3.8, 4) is 5.75 Å². The van der Waals surface area contributed by atoms with Crippen LogP contribution in [0.2, 0.25) is 0 Å². The van der Waals surface area contributed by atoms with Crippen LogP contribution in [0.25, 0.3) is 0 Å². The summed E-state index contributed by atoms with van der Waals surface area (Å²) in [5.74, 6) is 0.448. The molecule has 3 heteroatoms. The van der Waals surface area contributed by atoms with E-state index in [1.165, 1.54) is 6.07 Å². The van der Waals surface area contributed by atoms with Crippen molar-refractivity contribution in [3.63, 3.8) is 0 Å². The molecule has 0 aromatic heterocycles. The molecule has 1 aliphatic rings. The number of hydrogen-bond donors (Lipinski definition) is 1. The normalized spacial score (nSPS) is 27.3. The van der Waals surface area contributed by atoms with Gasteiger partial charge < -0.3 is 9.84 Å². The van der Waals surface area contributed by atoms with Crippen molar-refractivity contribution in [1.82, 2.24) is 0 Å². The molecule has 1 aromatic rings. The third-order valence-electron chi connectivity index (χ3n) is 3.53. The van der Waals surface area contributed by atoms with Gasteiger partial charge in [0.2, 0.25) is 0 Å². The summed E-state index contributed by atoms with van der Waals surface area (Å²) in [6.45, 7) is 5.66. The molecule has 1 aromatic carbocycles. The Labute approximate surface area is 95.1 Å². The van der Waals surface area contributed by atoms with E-state index >= 15 is 0 Å². The van der Waals surface area contributed by atoms with E-state index in [0.29, 0.717) is 17.7 Å². The monoisotopic (exact) mass is 224 g/mol. The minimum atomic E-state index is -0.306. The molecule has 1 aliphatic carbocycles. The van der Waals surface area contributed by atoms with Crippen LogP contribution in [0.4, 0.5) is 4.39 Å². The fourth-order valence-corrected chi connectivity index (χ4v) is 1.92. The molecule has 0 spiro atoms. The van der Waals surface area contributed by atoms with Gasteiger partial charge in [-0.2, -0.15) is 0 Å². The molecule has 2 unspecified atom stereocenters. The zero-order chi connectivity index (χ0) is 11.9. The van der Waals surface area contributed by atoms with Crippen molar-refractivity contribution in [1.29, 1.82) is 0 Å². The van der Waals surface area contributed by atoms with Gasteiger partial charge in [-0.3, -0.25) is 0 Å². The third kappa shape index (κ3) is 1.80. The Morgan fingerprint density at radius 3 is 2.62 bits per heavy atom. The van der Waals surface area contributed by atoms with Gasteiger partial charge in [-0.15, -0.1) is 0 Å². The van der Waals surface area contributed by atoms with Gasteiger partial charge in [-0.1, -0.05) is 13.8 Å². The van der Waals surface area contributed by atoms with Gasteiger partial charge in [0.25, 0.3) is 0 Å². The highest BCUT2D eigenvalue weighted by Gasteiger charge is 2.49. The first-order valence-electron chi connectivity index (χ1n) is 5.52. The van der Waals surface area contributed by atoms with Gasteiger partial charge in [-0.25, -0.2) is 4.39 Å². The zero-order valence-corrected chi connectivity index (χ0v) is 9.83. The summed E-state index contributed by atoms with van der Waals surface area (Å²) in [5.41, 5.74) is 0.359. The maximum Gasteiger partial charge on any atom is 0.126 e. The highest BCUT2D eigenvalue weighted by Crippen LogP contribution is 2.42. The first kappa shape index (κ1) is 11.4. The Kier molecular flexibility index (Phi) is 2.66. The molecule has 2 nitrogen and oxygen atoms in total. The van der Waals surface area contributed by atoms with Crippen molar-refractivity contribution in [2.45, 2.75) is 39.4 Å². The second-order valence-corrected chi connectivity index (χ2v) is 5.09. The predicted molar refractivity (Wildman–Crippen MR) is 60.0 cm³/mol. The lowest BCUT2D eigenvalue weighted by atomic mass is 9.66. The molecule has 16 heavy (non-hydrogen) atoms. The lowest BCUT2D eigenvalue weighted by Gasteiger charge is -2.48. The maximum absolute atomic E-state index is 13.1. The summed E-state index contributed by atoms with van der Waals surface area (Å²) < 4.78 is 18.8. The van der Waals surface area contributed by atoms with Crippen LogP contribution in [0.3, 0.4) is 0 Å². The zero-order valence-electron chi connectivity index (χ0n) is 9.83. The van der Waals surface area contributed by atoms with Crippen LogP contribution in [0.15, 0.2) is 18.2 Å². The van der Waals surface area contributed by atoms with Crippen LogP contribution >= 0.6 is 0 Å². The molecule has 0 saturated heterocycles. The Morgan fingerprint density at radius 1 is 1.44 bits per heavy atom. The molecule has 2 atom stereocenters. The van der Waals surface area contributed by atoms with Crippen molar-refractivity contribution in [2.24, 2.45) is 5.41 Å². The van der Waals surface area contributed by atoms with E-state index in [4.69, 9.17) is 4.74 Å². The summed E-state index contributed by atoms with van der Waals surface area (Å²) in [4.78, 5) is 0. The summed E-state index contributed by atoms with van der Waals surface area (Å²) >= 11 is 0. The van der Waals surface area contributed by atoms with E-state index in [0.717, 1.165) is 0 Å². The fourth-order valence-electron chi connectivity index (χ4n) is 1.92. The summed E-state index contributed by atoms with van der Waals surface area (Å²) in [6, 6.07) is 4.73. The molecule has 0 radical (unpaired) electrons.